The predicted octanol–water partition coefficient (Wildman–Crippen LogP) is 3.86. The summed E-state index contributed by atoms with van der Waals surface area (Å²) >= 11 is 9.10. The molecule has 2 nitrogen and oxygen atoms in total. The van der Waals surface area contributed by atoms with Gasteiger partial charge in [-0.25, -0.2) is 0 Å². The summed E-state index contributed by atoms with van der Waals surface area (Å²) in [6.07, 6.45) is -4.70. The highest BCUT2D eigenvalue weighted by Gasteiger charge is 2.31. The number of thiazole rings is 1. The Balaban J connectivity index is 2.49. The molecule has 2 rings (SSSR count). The first-order valence-corrected chi connectivity index (χ1v) is 5.90. The Hall–Kier alpha value is -0.600. The van der Waals surface area contributed by atoms with Gasteiger partial charge in [-0.15, -0.1) is 13.2 Å². The average molecular weight is 329 g/mol. The van der Waals surface area contributed by atoms with Gasteiger partial charge in [0.25, 0.3) is 0 Å². The van der Waals surface area contributed by atoms with Crippen LogP contribution in [0.4, 0.5) is 13.2 Å². The van der Waals surface area contributed by atoms with Crippen LogP contribution >= 0.6 is 27.3 Å². The molecule has 0 fully saturated rings. The van der Waals surface area contributed by atoms with Crippen LogP contribution in [0.1, 0.15) is 0 Å². The van der Waals surface area contributed by atoms with Crippen LogP contribution in [0.25, 0.3) is 10.2 Å². The average Bonchev–Trinajstić information content (AvgIpc) is 2.42. The molecule has 16 heavy (non-hydrogen) atoms. The number of aromatic nitrogens is 1. The summed E-state index contributed by atoms with van der Waals surface area (Å²) < 4.78 is 41.2. The van der Waals surface area contributed by atoms with Crippen LogP contribution in [0, 0.1) is 0 Å². The molecule has 86 valence electrons. The molecular weight excluding hydrogens is 327 g/mol. The van der Waals surface area contributed by atoms with E-state index in [1.807, 2.05) is 0 Å². The Morgan fingerprint density at radius 2 is 2.06 bits per heavy atom. The maximum Gasteiger partial charge on any atom is 0.573 e. The molecule has 0 aliphatic heterocycles. The summed E-state index contributed by atoms with van der Waals surface area (Å²) in [7, 11) is 0. The summed E-state index contributed by atoms with van der Waals surface area (Å²) in [6.45, 7) is 0. The first kappa shape index (κ1) is 11.9. The topological polar surface area (TPSA) is 22.1 Å². The van der Waals surface area contributed by atoms with E-state index in [-0.39, 0.29) is 5.75 Å². The SMILES string of the molecule is FC(F)(F)Oc1cc(Br)c2nc([S-])sc2c1. The fourth-order valence-corrected chi connectivity index (χ4v) is 2.91. The van der Waals surface area contributed by atoms with Crippen molar-refractivity contribution in [1.29, 1.82) is 0 Å². The zero-order valence-corrected chi connectivity index (χ0v) is 10.6. The number of hydrogen-bond donors (Lipinski definition) is 0. The lowest BCUT2D eigenvalue weighted by Gasteiger charge is -2.09. The van der Waals surface area contributed by atoms with Gasteiger partial charge in [-0.3, -0.25) is 4.98 Å². The Labute approximate surface area is 106 Å². The first-order valence-electron chi connectivity index (χ1n) is 3.88. The highest BCUT2D eigenvalue weighted by Crippen LogP contribution is 2.34. The molecule has 1 aromatic carbocycles. The molecule has 0 aliphatic carbocycles. The Bertz CT molecular complexity index is 540. The standard InChI is InChI=1S/C8H3BrF3NOS2/c9-4-1-3(14-8(10,11)12)2-5-6(4)13-7(15)16-5/h1-2H,(H,13,15)/p-1. The minimum atomic E-state index is -4.70. The van der Waals surface area contributed by atoms with Gasteiger partial charge in [-0.1, -0.05) is 0 Å². The van der Waals surface area contributed by atoms with Gasteiger partial charge in [0.1, 0.15) is 5.75 Å². The number of hydrogen-bond acceptors (Lipinski definition) is 4. The van der Waals surface area contributed by atoms with Crippen molar-refractivity contribution >= 4 is 50.1 Å². The first-order chi connectivity index (χ1) is 7.35. The Morgan fingerprint density at radius 1 is 1.38 bits per heavy atom. The minimum absolute atomic E-state index is 0.287. The normalized spacial score (nSPS) is 12.0. The Morgan fingerprint density at radius 3 is 2.69 bits per heavy atom. The monoisotopic (exact) mass is 328 g/mol. The summed E-state index contributed by atoms with van der Waals surface area (Å²) in [5, 5.41) is 0. The quantitative estimate of drug-likeness (QED) is 0.742. The molecule has 0 N–H and O–H groups in total. The van der Waals surface area contributed by atoms with E-state index in [1.165, 1.54) is 12.1 Å². The van der Waals surface area contributed by atoms with Crippen molar-refractivity contribution < 1.29 is 17.9 Å². The van der Waals surface area contributed by atoms with Crippen molar-refractivity contribution in [3.63, 3.8) is 0 Å². The molecule has 0 aliphatic rings. The lowest BCUT2D eigenvalue weighted by atomic mass is 10.3. The molecule has 1 heterocycles. The number of fused-ring (bicyclic) bond motifs is 1. The predicted molar refractivity (Wildman–Crippen MR) is 59.6 cm³/mol. The van der Waals surface area contributed by atoms with E-state index in [0.29, 0.717) is 19.0 Å². The number of rotatable bonds is 1. The van der Waals surface area contributed by atoms with E-state index in [9.17, 15) is 13.2 Å². The third kappa shape index (κ3) is 2.55. The Kier molecular flexibility index (Phi) is 2.97. The van der Waals surface area contributed by atoms with Gasteiger partial charge in [0.15, 0.2) is 0 Å². The number of halogens is 4. The van der Waals surface area contributed by atoms with Gasteiger partial charge < -0.3 is 28.7 Å². The number of benzene rings is 1. The zero-order valence-electron chi connectivity index (χ0n) is 7.34. The van der Waals surface area contributed by atoms with Gasteiger partial charge >= 0.3 is 6.36 Å². The van der Waals surface area contributed by atoms with Crippen molar-refractivity contribution in [3.05, 3.63) is 16.6 Å². The molecule has 0 unspecified atom stereocenters. The van der Waals surface area contributed by atoms with E-state index in [4.69, 9.17) is 12.6 Å². The minimum Gasteiger partial charge on any atom is -0.408 e. The zero-order chi connectivity index (χ0) is 11.9. The van der Waals surface area contributed by atoms with E-state index in [1.54, 1.807) is 0 Å². The number of nitrogens with zero attached hydrogens (tertiary/aromatic N) is 1. The molecule has 2 aromatic rings. The maximum atomic E-state index is 12.0. The van der Waals surface area contributed by atoms with Crippen molar-refractivity contribution in [2.24, 2.45) is 0 Å². The van der Waals surface area contributed by atoms with Gasteiger partial charge in [0.2, 0.25) is 0 Å². The van der Waals surface area contributed by atoms with Crippen LogP contribution in [0.3, 0.4) is 0 Å². The molecule has 0 saturated carbocycles. The lowest BCUT2D eigenvalue weighted by Crippen LogP contribution is -2.17. The molecule has 1 aromatic heterocycles. The number of ether oxygens (including phenoxy) is 1. The molecule has 0 amide bonds. The van der Waals surface area contributed by atoms with E-state index in [2.05, 4.69) is 25.7 Å². The molecule has 0 atom stereocenters. The van der Waals surface area contributed by atoms with Crippen LogP contribution in [0.5, 0.6) is 5.75 Å². The van der Waals surface area contributed by atoms with E-state index in [0.717, 1.165) is 11.3 Å². The highest BCUT2D eigenvalue weighted by atomic mass is 79.9. The van der Waals surface area contributed by atoms with E-state index >= 15 is 0 Å². The van der Waals surface area contributed by atoms with Gasteiger partial charge in [0.05, 0.1) is 5.52 Å². The fraction of sp³-hybridized carbons (Fsp3) is 0.125. The van der Waals surface area contributed by atoms with Crippen molar-refractivity contribution in [3.8, 4) is 5.75 Å². The summed E-state index contributed by atoms with van der Waals surface area (Å²) in [5.74, 6) is -0.287. The molecule has 0 bridgehead atoms. The summed E-state index contributed by atoms with van der Waals surface area (Å²) in [4.78, 5) is 4.00. The van der Waals surface area contributed by atoms with Crippen LogP contribution in [-0.2, 0) is 12.6 Å². The van der Waals surface area contributed by atoms with Gasteiger partial charge in [0, 0.05) is 4.47 Å². The molecule has 0 spiro atoms. The van der Waals surface area contributed by atoms with E-state index < -0.39 is 6.36 Å². The molecule has 0 saturated heterocycles. The highest BCUT2D eigenvalue weighted by molar-refractivity contribution is 9.10. The number of alkyl halides is 3. The second-order valence-corrected chi connectivity index (χ2v) is 5.31. The smallest absolute Gasteiger partial charge is 0.408 e. The van der Waals surface area contributed by atoms with Crippen LogP contribution in [0.2, 0.25) is 0 Å². The van der Waals surface area contributed by atoms with Crippen molar-refractivity contribution in [1.82, 2.24) is 4.98 Å². The van der Waals surface area contributed by atoms with Crippen molar-refractivity contribution in [2.75, 3.05) is 0 Å². The van der Waals surface area contributed by atoms with Crippen molar-refractivity contribution in [2.45, 2.75) is 10.7 Å². The van der Waals surface area contributed by atoms with Crippen LogP contribution in [0.15, 0.2) is 20.9 Å². The fourth-order valence-electron chi connectivity index (χ4n) is 1.14. The summed E-state index contributed by atoms with van der Waals surface area (Å²) in [6, 6.07) is 2.48. The van der Waals surface area contributed by atoms with Crippen LogP contribution in [-0.4, -0.2) is 11.3 Å². The largest absolute Gasteiger partial charge is 0.573 e. The lowest BCUT2D eigenvalue weighted by molar-refractivity contribution is -0.274. The third-order valence-electron chi connectivity index (χ3n) is 1.64. The second kappa shape index (κ2) is 4.01. The molecule has 8 heteroatoms. The van der Waals surface area contributed by atoms with Gasteiger partial charge in [-0.2, -0.15) is 0 Å². The third-order valence-corrected chi connectivity index (χ3v) is 3.38. The second-order valence-electron chi connectivity index (χ2n) is 2.78. The molecule has 0 radical (unpaired) electrons. The summed E-state index contributed by atoms with van der Waals surface area (Å²) in [5.41, 5.74) is 0.546. The van der Waals surface area contributed by atoms with Gasteiger partial charge in [-0.05, 0) is 37.1 Å². The maximum absolute atomic E-state index is 12.0. The van der Waals surface area contributed by atoms with Crippen LogP contribution < -0.4 is 4.74 Å². The molecular formula is C8H2BrF3NOS2-.